The maximum atomic E-state index is 10.6. The highest BCUT2D eigenvalue weighted by molar-refractivity contribution is 7.13. The third-order valence-electron chi connectivity index (χ3n) is 1.94. The maximum Gasteiger partial charge on any atom is 0.193 e. The molecule has 0 unspecified atom stereocenters. The van der Waals surface area contributed by atoms with Gasteiger partial charge in [0.05, 0.1) is 23.0 Å². The molecule has 2 heterocycles. The second kappa shape index (κ2) is 3.57. The summed E-state index contributed by atoms with van der Waals surface area (Å²) in [6.45, 7) is 3.19. The summed E-state index contributed by atoms with van der Waals surface area (Å²) in [6.07, 6.45) is 0.621. The molecule has 0 radical (unpaired) electrons. The predicted octanol–water partition coefficient (Wildman–Crippen LogP) is 1.91. The van der Waals surface area contributed by atoms with Crippen LogP contribution in [0.2, 0.25) is 0 Å². The highest BCUT2D eigenvalue weighted by atomic mass is 32.1. The lowest BCUT2D eigenvalue weighted by molar-refractivity contribution is -0.0413. The Bertz CT molecular complexity index is 313. The summed E-state index contributed by atoms with van der Waals surface area (Å²) in [5.74, 6) is 0. The molecule has 0 amide bonds. The van der Waals surface area contributed by atoms with E-state index in [4.69, 9.17) is 9.47 Å². The molecule has 0 bridgehead atoms. The molecule has 2 rings (SSSR count). The van der Waals surface area contributed by atoms with Gasteiger partial charge in [-0.1, -0.05) is 0 Å². The topological polar surface area (TPSA) is 35.5 Å². The van der Waals surface area contributed by atoms with Crippen LogP contribution in [0.4, 0.5) is 0 Å². The van der Waals surface area contributed by atoms with Crippen molar-refractivity contribution in [2.75, 3.05) is 13.2 Å². The Morgan fingerprint density at radius 1 is 1.54 bits per heavy atom. The van der Waals surface area contributed by atoms with Gasteiger partial charge in [0, 0.05) is 0 Å². The third-order valence-corrected chi connectivity index (χ3v) is 3.12. The molecule has 1 saturated heterocycles. The molecule has 0 spiro atoms. The first-order valence-corrected chi connectivity index (χ1v) is 4.91. The molecule has 0 aromatic carbocycles. The summed E-state index contributed by atoms with van der Waals surface area (Å²) in [7, 11) is 0. The first-order valence-electron chi connectivity index (χ1n) is 4.10. The van der Waals surface area contributed by atoms with E-state index in [0.717, 1.165) is 21.6 Å². The highest BCUT2D eigenvalue weighted by Crippen LogP contribution is 2.31. The van der Waals surface area contributed by atoms with Crippen molar-refractivity contribution in [3.63, 3.8) is 0 Å². The number of carbonyl (C=O) groups is 1. The number of aldehydes is 1. The molecule has 1 aromatic heterocycles. The van der Waals surface area contributed by atoms with E-state index in [0.29, 0.717) is 13.2 Å². The molecule has 1 aliphatic rings. The Morgan fingerprint density at radius 3 is 2.77 bits per heavy atom. The molecule has 0 saturated carbocycles. The average Bonchev–Trinajstić information content (AvgIpc) is 2.71. The first-order chi connectivity index (χ1) is 6.31. The Balaban J connectivity index is 2.24. The van der Waals surface area contributed by atoms with Crippen LogP contribution in [0.25, 0.3) is 0 Å². The van der Waals surface area contributed by atoms with Gasteiger partial charge in [-0.05, 0) is 18.6 Å². The largest absolute Gasteiger partial charge is 0.345 e. The van der Waals surface area contributed by atoms with Gasteiger partial charge in [-0.25, -0.2) is 0 Å². The van der Waals surface area contributed by atoms with Gasteiger partial charge in [-0.15, -0.1) is 11.3 Å². The van der Waals surface area contributed by atoms with Crippen molar-refractivity contribution < 1.29 is 14.3 Å². The zero-order chi connectivity index (χ0) is 9.26. The second-order valence-corrected chi connectivity index (χ2v) is 4.00. The molecule has 1 fully saturated rings. The monoisotopic (exact) mass is 198 g/mol. The van der Waals surface area contributed by atoms with Crippen molar-refractivity contribution in [1.29, 1.82) is 0 Å². The van der Waals surface area contributed by atoms with E-state index < -0.39 is 0 Å². The van der Waals surface area contributed by atoms with Crippen LogP contribution in [0, 0.1) is 6.92 Å². The smallest absolute Gasteiger partial charge is 0.193 e. The Hall–Kier alpha value is -0.710. The quantitative estimate of drug-likeness (QED) is 0.681. The number of thiophene rings is 1. The van der Waals surface area contributed by atoms with Crippen molar-refractivity contribution in [3.05, 3.63) is 21.4 Å². The van der Waals surface area contributed by atoms with Crippen LogP contribution >= 0.6 is 11.3 Å². The van der Waals surface area contributed by atoms with E-state index >= 15 is 0 Å². The van der Waals surface area contributed by atoms with Crippen LogP contribution in [0.5, 0.6) is 0 Å². The fourth-order valence-electron chi connectivity index (χ4n) is 1.28. The lowest BCUT2D eigenvalue weighted by Gasteiger charge is -2.04. The third kappa shape index (κ3) is 1.65. The summed E-state index contributed by atoms with van der Waals surface area (Å²) in [6, 6.07) is 1.95. The zero-order valence-electron chi connectivity index (χ0n) is 7.28. The molecule has 4 heteroatoms. The van der Waals surface area contributed by atoms with Crippen LogP contribution in [-0.4, -0.2) is 19.5 Å². The lowest BCUT2D eigenvalue weighted by atomic mass is 10.3. The van der Waals surface area contributed by atoms with Crippen molar-refractivity contribution in [2.24, 2.45) is 0 Å². The number of ether oxygens (including phenoxy) is 2. The minimum absolute atomic E-state index is 0.252. The van der Waals surface area contributed by atoms with E-state index in [-0.39, 0.29) is 6.29 Å². The summed E-state index contributed by atoms with van der Waals surface area (Å²) in [4.78, 5) is 12.3. The number of rotatable bonds is 2. The van der Waals surface area contributed by atoms with Gasteiger partial charge in [-0.2, -0.15) is 0 Å². The Labute approximate surface area is 80.3 Å². The Morgan fingerprint density at radius 2 is 2.23 bits per heavy atom. The number of carbonyl (C=O) groups excluding carboxylic acids is 1. The average molecular weight is 198 g/mol. The molecular weight excluding hydrogens is 188 g/mol. The summed E-state index contributed by atoms with van der Waals surface area (Å²) >= 11 is 1.44. The first kappa shape index (κ1) is 8.87. The van der Waals surface area contributed by atoms with Crippen LogP contribution in [-0.2, 0) is 9.47 Å². The number of hydrogen-bond donors (Lipinski definition) is 0. The van der Waals surface area contributed by atoms with Crippen molar-refractivity contribution in [2.45, 2.75) is 13.2 Å². The van der Waals surface area contributed by atoms with Crippen LogP contribution in [0.1, 0.15) is 26.4 Å². The van der Waals surface area contributed by atoms with E-state index in [9.17, 15) is 4.79 Å². The SMILES string of the molecule is Cc1cc(C2OCCO2)sc1C=O. The van der Waals surface area contributed by atoms with Crippen LogP contribution in [0.15, 0.2) is 6.07 Å². The minimum atomic E-state index is -0.252. The van der Waals surface area contributed by atoms with Crippen molar-refractivity contribution in [3.8, 4) is 0 Å². The van der Waals surface area contributed by atoms with Gasteiger partial charge in [-0.3, -0.25) is 4.79 Å². The summed E-state index contributed by atoms with van der Waals surface area (Å²) < 4.78 is 10.6. The second-order valence-electron chi connectivity index (χ2n) is 2.89. The van der Waals surface area contributed by atoms with E-state index in [1.807, 2.05) is 13.0 Å². The molecule has 0 N–H and O–H groups in total. The molecule has 1 aliphatic heterocycles. The summed E-state index contributed by atoms with van der Waals surface area (Å²) in [5.41, 5.74) is 0.995. The molecule has 0 aliphatic carbocycles. The van der Waals surface area contributed by atoms with E-state index in [1.54, 1.807) is 0 Å². The fraction of sp³-hybridized carbons (Fsp3) is 0.444. The van der Waals surface area contributed by atoms with Gasteiger partial charge in [0.1, 0.15) is 0 Å². The van der Waals surface area contributed by atoms with Gasteiger partial charge >= 0.3 is 0 Å². The van der Waals surface area contributed by atoms with Crippen LogP contribution in [0.3, 0.4) is 0 Å². The molecule has 13 heavy (non-hydrogen) atoms. The van der Waals surface area contributed by atoms with Gasteiger partial charge < -0.3 is 9.47 Å². The lowest BCUT2D eigenvalue weighted by Crippen LogP contribution is -1.93. The molecule has 0 atom stereocenters. The number of aryl methyl sites for hydroxylation is 1. The van der Waals surface area contributed by atoms with Gasteiger partial charge in [0.25, 0.3) is 0 Å². The Kier molecular flexibility index (Phi) is 2.44. The van der Waals surface area contributed by atoms with Gasteiger partial charge in [0.2, 0.25) is 0 Å². The molecular formula is C9H10O3S. The van der Waals surface area contributed by atoms with Crippen molar-refractivity contribution >= 4 is 17.6 Å². The minimum Gasteiger partial charge on any atom is -0.345 e. The fourth-order valence-corrected chi connectivity index (χ4v) is 2.27. The molecule has 3 nitrogen and oxygen atoms in total. The normalized spacial score (nSPS) is 17.9. The standard InChI is InChI=1S/C9H10O3S/c1-6-4-7(13-8(6)5-10)9-11-2-3-12-9/h4-5,9H,2-3H2,1H3. The summed E-state index contributed by atoms with van der Waals surface area (Å²) in [5, 5.41) is 0. The van der Waals surface area contributed by atoms with E-state index in [2.05, 4.69) is 0 Å². The van der Waals surface area contributed by atoms with Crippen molar-refractivity contribution in [1.82, 2.24) is 0 Å². The van der Waals surface area contributed by atoms with E-state index in [1.165, 1.54) is 11.3 Å². The predicted molar refractivity (Wildman–Crippen MR) is 49.1 cm³/mol. The van der Waals surface area contributed by atoms with Gasteiger partial charge in [0.15, 0.2) is 12.6 Å². The molecule has 1 aromatic rings. The zero-order valence-corrected chi connectivity index (χ0v) is 8.10. The number of hydrogen-bond acceptors (Lipinski definition) is 4. The highest BCUT2D eigenvalue weighted by Gasteiger charge is 2.21. The molecule has 70 valence electrons. The van der Waals surface area contributed by atoms with Crippen LogP contribution < -0.4 is 0 Å². The maximum absolute atomic E-state index is 10.6.